The lowest BCUT2D eigenvalue weighted by Gasteiger charge is -2.37. The van der Waals surface area contributed by atoms with Crippen molar-refractivity contribution in [2.75, 3.05) is 5.65 Å². The van der Waals surface area contributed by atoms with Crippen LogP contribution in [0.2, 0.25) is 0 Å². The fraction of sp³-hybridized carbons (Fsp3) is 0.125. The molecule has 1 aromatic carbocycles. The van der Waals surface area contributed by atoms with Crippen molar-refractivity contribution >= 4 is 24.5 Å². The molecule has 8 heteroatoms. The van der Waals surface area contributed by atoms with Gasteiger partial charge in [0.25, 0.3) is 0 Å². The van der Waals surface area contributed by atoms with Gasteiger partial charge in [0.05, 0.1) is 17.3 Å². The summed E-state index contributed by atoms with van der Waals surface area (Å²) in [6.07, 6.45) is 0. The lowest BCUT2D eigenvalue weighted by atomic mass is 9.83. The first-order chi connectivity index (χ1) is 7.41. The third kappa shape index (κ3) is 1.86. The lowest BCUT2D eigenvalue weighted by Crippen LogP contribution is -2.48. The maximum atomic E-state index is 13.2. The average molecular weight is 244 g/mol. The van der Waals surface area contributed by atoms with E-state index in [4.69, 9.17) is 0 Å². The number of carbonyl (C=O) groups is 1. The SMILES string of the molecule is O=C([O-])c1c(F)ccc2c1O[B-](O)(O)CS2. The molecule has 0 aliphatic carbocycles. The number of hydrogen-bond donors (Lipinski definition) is 2. The Bertz CT molecular complexity index is 464. The number of hydrogen-bond acceptors (Lipinski definition) is 6. The summed E-state index contributed by atoms with van der Waals surface area (Å²) in [7, 11) is 0. The van der Waals surface area contributed by atoms with Gasteiger partial charge in [0, 0.05) is 4.90 Å². The zero-order chi connectivity index (χ0) is 11.9. The van der Waals surface area contributed by atoms with Crippen molar-refractivity contribution < 1.29 is 29.0 Å². The van der Waals surface area contributed by atoms with E-state index in [9.17, 15) is 24.3 Å². The standard InChI is InChI=1S/C8H7BFO5S/c10-4-1-2-5-7(6(4)8(11)12)15-9(13,14)3-16-5/h1-2,13-14H,3H2,(H,11,12)/q-1/p-1. The average Bonchev–Trinajstić information content (AvgIpc) is 2.15. The van der Waals surface area contributed by atoms with E-state index in [1.807, 2.05) is 0 Å². The van der Waals surface area contributed by atoms with E-state index >= 15 is 0 Å². The lowest BCUT2D eigenvalue weighted by molar-refractivity contribution is -0.255. The van der Waals surface area contributed by atoms with Gasteiger partial charge in [-0.1, -0.05) is 0 Å². The molecule has 16 heavy (non-hydrogen) atoms. The highest BCUT2D eigenvalue weighted by atomic mass is 32.2. The minimum absolute atomic E-state index is 0.134. The summed E-state index contributed by atoms with van der Waals surface area (Å²) in [4.78, 5) is 11.0. The highest BCUT2D eigenvalue weighted by molar-refractivity contribution is 8.01. The van der Waals surface area contributed by atoms with Crippen LogP contribution in [0.5, 0.6) is 5.75 Å². The Hall–Kier alpha value is -1.25. The van der Waals surface area contributed by atoms with Crippen molar-refractivity contribution in [3.63, 3.8) is 0 Å². The Labute approximate surface area is 93.9 Å². The second-order valence-corrected chi connectivity index (χ2v) is 4.39. The van der Waals surface area contributed by atoms with Gasteiger partial charge in [0.1, 0.15) is 5.82 Å². The molecule has 0 unspecified atom stereocenters. The largest absolute Gasteiger partial charge is 0.668 e. The second-order valence-electron chi connectivity index (χ2n) is 3.32. The summed E-state index contributed by atoms with van der Waals surface area (Å²) in [5.74, 6) is -3.18. The quantitative estimate of drug-likeness (QED) is 0.624. The van der Waals surface area contributed by atoms with Crippen LogP contribution in [0.1, 0.15) is 10.4 Å². The van der Waals surface area contributed by atoms with Crippen molar-refractivity contribution in [2.45, 2.75) is 4.90 Å². The second kappa shape index (κ2) is 3.65. The smallest absolute Gasteiger partial charge is 0.440 e. The molecule has 1 aliphatic heterocycles. The molecule has 0 atom stereocenters. The van der Waals surface area contributed by atoms with E-state index in [-0.39, 0.29) is 11.4 Å². The molecule has 0 amide bonds. The zero-order valence-electron chi connectivity index (χ0n) is 7.84. The molecule has 0 radical (unpaired) electrons. The Balaban J connectivity index is 2.58. The first-order valence-electron chi connectivity index (χ1n) is 4.37. The molecule has 0 bridgehead atoms. The predicted molar refractivity (Wildman–Crippen MR) is 52.3 cm³/mol. The van der Waals surface area contributed by atoms with Gasteiger partial charge in [-0.2, -0.15) is 11.8 Å². The molecule has 0 fully saturated rings. The summed E-state index contributed by atoms with van der Waals surface area (Å²) >= 11 is 0.981. The van der Waals surface area contributed by atoms with Crippen LogP contribution in [-0.2, 0) is 0 Å². The molecule has 0 saturated carbocycles. The van der Waals surface area contributed by atoms with Gasteiger partial charge in [-0.05, 0) is 17.8 Å². The highest BCUT2D eigenvalue weighted by Gasteiger charge is 2.31. The van der Waals surface area contributed by atoms with Gasteiger partial charge >= 0.3 is 6.75 Å². The maximum Gasteiger partial charge on any atom is 0.440 e. The van der Waals surface area contributed by atoms with Crippen LogP contribution >= 0.6 is 11.8 Å². The summed E-state index contributed by atoms with van der Waals surface area (Å²) in [5.41, 5.74) is -0.926. The van der Waals surface area contributed by atoms with E-state index in [0.717, 1.165) is 17.8 Å². The molecule has 86 valence electrons. The molecule has 1 aromatic rings. The van der Waals surface area contributed by atoms with Crippen LogP contribution in [-0.4, -0.2) is 28.4 Å². The van der Waals surface area contributed by atoms with Gasteiger partial charge < -0.3 is 24.6 Å². The van der Waals surface area contributed by atoms with Crippen molar-refractivity contribution in [3.8, 4) is 5.75 Å². The van der Waals surface area contributed by atoms with Crippen LogP contribution in [0.25, 0.3) is 0 Å². The van der Waals surface area contributed by atoms with Crippen molar-refractivity contribution in [2.24, 2.45) is 0 Å². The van der Waals surface area contributed by atoms with Crippen LogP contribution in [0, 0.1) is 5.82 Å². The van der Waals surface area contributed by atoms with Crippen molar-refractivity contribution in [3.05, 3.63) is 23.5 Å². The molecule has 2 N–H and O–H groups in total. The molecule has 0 spiro atoms. The third-order valence-electron chi connectivity index (χ3n) is 2.04. The Morgan fingerprint density at radius 3 is 2.88 bits per heavy atom. The predicted octanol–water partition coefficient (Wildman–Crippen LogP) is -0.864. The fourth-order valence-corrected chi connectivity index (χ4v) is 2.29. The third-order valence-corrected chi connectivity index (χ3v) is 3.27. The van der Waals surface area contributed by atoms with Crippen LogP contribution in [0.15, 0.2) is 17.0 Å². The Morgan fingerprint density at radius 1 is 1.56 bits per heavy atom. The first-order valence-corrected chi connectivity index (χ1v) is 5.35. The number of benzene rings is 1. The maximum absolute atomic E-state index is 13.2. The number of rotatable bonds is 1. The van der Waals surface area contributed by atoms with Crippen LogP contribution in [0.4, 0.5) is 4.39 Å². The first kappa shape index (κ1) is 11.2. The fourth-order valence-electron chi connectivity index (χ4n) is 1.38. The molecule has 2 rings (SSSR count). The van der Waals surface area contributed by atoms with Gasteiger partial charge in [-0.25, -0.2) is 4.39 Å². The monoisotopic (exact) mass is 244 g/mol. The highest BCUT2D eigenvalue weighted by Crippen LogP contribution is 2.39. The van der Waals surface area contributed by atoms with Gasteiger partial charge in [-0.3, -0.25) is 0 Å². The number of fused-ring (bicyclic) bond motifs is 1. The van der Waals surface area contributed by atoms with Crippen molar-refractivity contribution in [1.29, 1.82) is 0 Å². The van der Waals surface area contributed by atoms with E-state index < -0.39 is 24.1 Å². The minimum atomic E-state index is -3.15. The zero-order valence-corrected chi connectivity index (χ0v) is 8.66. The van der Waals surface area contributed by atoms with E-state index in [2.05, 4.69) is 4.65 Å². The van der Waals surface area contributed by atoms with E-state index in [1.165, 1.54) is 6.07 Å². The van der Waals surface area contributed by atoms with Crippen LogP contribution in [0.3, 0.4) is 0 Å². The summed E-state index contributed by atoms with van der Waals surface area (Å²) < 4.78 is 17.9. The molecule has 1 heterocycles. The topological polar surface area (TPSA) is 89.8 Å². The summed E-state index contributed by atoms with van der Waals surface area (Å²) in [5, 5.41) is 29.2. The molecule has 1 aliphatic rings. The molecule has 0 aromatic heterocycles. The number of thioether (sulfide) groups is 1. The van der Waals surface area contributed by atoms with E-state index in [0.29, 0.717) is 4.90 Å². The van der Waals surface area contributed by atoms with E-state index in [1.54, 1.807) is 0 Å². The molecule has 0 saturated heterocycles. The van der Waals surface area contributed by atoms with Crippen molar-refractivity contribution in [1.82, 2.24) is 0 Å². The molecule has 5 nitrogen and oxygen atoms in total. The number of halogens is 1. The minimum Gasteiger partial charge on any atom is -0.668 e. The Morgan fingerprint density at radius 2 is 2.25 bits per heavy atom. The Kier molecular flexibility index (Phi) is 2.57. The van der Waals surface area contributed by atoms with Gasteiger partial charge in [-0.15, -0.1) is 0 Å². The van der Waals surface area contributed by atoms with Crippen LogP contribution < -0.4 is 9.76 Å². The number of carbonyl (C=O) groups excluding carboxylic acids is 1. The number of carboxylic acids is 1. The number of carboxylic acid groups (broad SMARTS) is 1. The van der Waals surface area contributed by atoms with Gasteiger partial charge in [0.2, 0.25) is 0 Å². The molecular formula is C8H6BFO5S-2. The number of aromatic carboxylic acids is 1. The molecular weight excluding hydrogens is 238 g/mol. The summed E-state index contributed by atoms with van der Waals surface area (Å²) in [6.45, 7) is -3.15. The van der Waals surface area contributed by atoms with Gasteiger partial charge in [0.15, 0.2) is 0 Å². The normalized spacial score (nSPS) is 17.4. The summed E-state index contributed by atoms with van der Waals surface area (Å²) in [6, 6.07) is 2.28.